The molecule has 4 N–H and O–H groups in total. The monoisotopic (exact) mass is 333 g/mol. The van der Waals surface area contributed by atoms with E-state index in [1.807, 2.05) is 6.07 Å². The fourth-order valence-corrected chi connectivity index (χ4v) is 3.38. The summed E-state index contributed by atoms with van der Waals surface area (Å²) in [5.74, 6) is -0.253. The first-order valence-electron chi connectivity index (χ1n) is 7.53. The zero-order chi connectivity index (χ0) is 16.4. The molecule has 1 saturated carbocycles. The highest BCUT2D eigenvalue weighted by Gasteiger charge is 2.42. The zero-order valence-corrected chi connectivity index (χ0v) is 13.8. The third-order valence-corrected chi connectivity index (χ3v) is 5.33. The first kappa shape index (κ1) is 16.1. The number of nitrogens with one attached hydrogen (secondary N) is 2. The van der Waals surface area contributed by atoms with Crippen molar-refractivity contribution in [3.05, 3.63) is 53.8 Å². The number of nitrogen functional groups attached to an aromatic ring is 1. The Bertz CT molecular complexity index is 689. The smallest absolute Gasteiger partial charge is 0.176 e. The minimum Gasteiger partial charge on any atom is -0.593 e. The van der Waals surface area contributed by atoms with Crippen LogP contribution in [0.3, 0.4) is 0 Å². The summed E-state index contributed by atoms with van der Waals surface area (Å²) in [5.41, 5.74) is 8.31. The van der Waals surface area contributed by atoms with Crippen molar-refractivity contribution in [3.63, 3.8) is 0 Å². The lowest BCUT2D eigenvalue weighted by Gasteiger charge is -2.16. The summed E-state index contributed by atoms with van der Waals surface area (Å²) in [6, 6.07) is 11.7. The van der Waals surface area contributed by atoms with Crippen LogP contribution in [0.25, 0.3) is 0 Å². The predicted molar refractivity (Wildman–Crippen MR) is 91.8 cm³/mol. The van der Waals surface area contributed by atoms with E-state index in [4.69, 9.17) is 5.73 Å². The highest BCUT2D eigenvalue weighted by Crippen LogP contribution is 2.36. The molecule has 1 fully saturated rings. The van der Waals surface area contributed by atoms with Crippen molar-refractivity contribution in [2.24, 2.45) is 0 Å². The lowest BCUT2D eigenvalue weighted by atomic mass is 10.2. The molecule has 0 saturated heterocycles. The number of hydrogen-bond donors (Lipinski definition) is 3. The molecule has 1 aliphatic rings. The van der Waals surface area contributed by atoms with E-state index >= 15 is 0 Å². The summed E-state index contributed by atoms with van der Waals surface area (Å²) in [5, 5.41) is 3.21. The van der Waals surface area contributed by atoms with E-state index < -0.39 is 11.4 Å². The first-order valence-corrected chi connectivity index (χ1v) is 8.68. The fourth-order valence-electron chi connectivity index (χ4n) is 2.19. The molecule has 0 aliphatic heterocycles. The Morgan fingerprint density at radius 1 is 1.22 bits per heavy atom. The second-order valence-corrected chi connectivity index (χ2v) is 7.37. The van der Waals surface area contributed by atoms with E-state index in [9.17, 15) is 8.94 Å². The van der Waals surface area contributed by atoms with Gasteiger partial charge >= 0.3 is 0 Å². The molecule has 6 heteroatoms. The van der Waals surface area contributed by atoms with Gasteiger partial charge in [0.1, 0.15) is 5.82 Å². The number of hydrogen-bond acceptors (Lipinski definition) is 4. The predicted octanol–water partition coefficient (Wildman–Crippen LogP) is 3.18. The molecule has 2 aromatic carbocycles. The first-order chi connectivity index (χ1) is 11.0. The summed E-state index contributed by atoms with van der Waals surface area (Å²) in [6.45, 7) is 2.61. The second kappa shape index (κ2) is 6.39. The molecule has 1 unspecified atom stereocenters. The van der Waals surface area contributed by atoms with Crippen molar-refractivity contribution >= 4 is 22.7 Å². The van der Waals surface area contributed by atoms with E-state index in [2.05, 4.69) is 17.0 Å². The van der Waals surface area contributed by atoms with Gasteiger partial charge in [0.15, 0.2) is 4.90 Å². The number of nitrogens with two attached hydrogens (primary N) is 1. The molecule has 0 spiro atoms. The number of rotatable bonds is 6. The Morgan fingerprint density at radius 2 is 1.91 bits per heavy atom. The van der Waals surface area contributed by atoms with Crippen molar-refractivity contribution in [1.29, 1.82) is 0 Å². The molecule has 3 rings (SSSR count). The molecule has 0 bridgehead atoms. The Balaban J connectivity index is 1.63. The maximum atomic E-state index is 12.9. The largest absolute Gasteiger partial charge is 0.593 e. The van der Waals surface area contributed by atoms with E-state index in [1.54, 1.807) is 24.3 Å². The number of anilines is 2. The van der Waals surface area contributed by atoms with Crippen LogP contribution in [0.15, 0.2) is 47.4 Å². The minimum atomic E-state index is -1.25. The third-order valence-electron chi connectivity index (χ3n) is 3.97. The molecular weight excluding hydrogens is 313 g/mol. The van der Waals surface area contributed by atoms with E-state index in [-0.39, 0.29) is 11.4 Å². The SMILES string of the molecule is CC1(N[S+]([O-])c2ccc(NCc3ccc(F)cc3)c(N)c2)CC1. The standard InChI is InChI=1S/C17H20FN3OS/c1-17(8-9-17)21-23(22)14-6-7-16(15(19)10-14)20-11-12-2-4-13(18)5-3-12/h2-7,10,20-21H,8-9,11,19H2,1H3. The Hall–Kier alpha value is -1.76. The van der Waals surface area contributed by atoms with Crippen LogP contribution in [0.1, 0.15) is 25.3 Å². The topological polar surface area (TPSA) is 73.1 Å². The average Bonchev–Trinajstić information content (AvgIpc) is 3.24. The molecular formula is C17H20FN3OS. The van der Waals surface area contributed by atoms with Gasteiger partial charge in [-0.2, -0.15) is 0 Å². The van der Waals surface area contributed by atoms with Gasteiger partial charge in [-0.15, -0.1) is 4.72 Å². The minimum absolute atomic E-state index is 0.000865. The summed E-state index contributed by atoms with van der Waals surface area (Å²) in [4.78, 5) is 0.669. The van der Waals surface area contributed by atoms with Gasteiger partial charge < -0.3 is 15.6 Å². The quantitative estimate of drug-likeness (QED) is 0.561. The Labute approximate surface area is 138 Å². The average molecular weight is 333 g/mol. The highest BCUT2D eigenvalue weighted by molar-refractivity contribution is 7.89. The number of halogens is 1. The normalized spacial score (nSPS) is 16.8. The summed E-state index contributed by atoms with van der Waals surface area (Å²) >= 11 is -1.25. The van der Waals surface area contributed by atoms with Crippen LogP contribution in [0.2, 0.25) is 0 Å². The van der Waals surface area contributed by atoms with Crippen LogP contribution in [0.4, 0.5) is 15.8 Å². The van der Waals surface area contributed by atoms with Crippen LogP contribution in [-0.4, -0.2) is 10.1 Å². The van der Waals surface area contributed by atoms with Crippen molar-refractivity contribution < 1.29 is 8.94 Å². The van der Waals surface area contributed by atoms with Crippen molar-refractivity contribution in [3.8, 4) is 0 Å². The molecule has 1 aliphatic carbocycles. The maximum Gasteiger partial charge on any atom is 0.176 e. The maximum absolute atomic E-state index is 12.9. The molecule has 4 nitrogen and oxygen atoms in total. The lowest BCUT2D eigenvalue weighted by Crippen LogP contribution is -2.34. The van der Waals surface area contributed by atoms with Gasteiger partial charge in [-0.3, -0.25) is 0 Å². The van der Waals surface area contributed by atoms with Crippen molar-refractivity contribution in [2.75, 3.05) is 11.1 Å². The molecule has 2 aromatic rings. The summed E-state index contributed by atoms with van der Waals surface area (Å²) in [7, 11) is 0. The molecule has 0 amide bonds. The van der Waals surface area contributed by atoms with Crippen LogP contribution in [0, 0.1) is 5.82 Å². The van der Waals surface area contributed by atoms with E-state index in [0.29, 0.717) is 17.1 Å². The fraction of sp³-hybridized carbons (Fsp3) is 0.294. The van der Waals surface area contributed by atoms with Crippen LogP contribution < -0.4 is 15.8 Å². The molecule has 1 atom stereocenters. The van der Waals surface area contributed by atoms with Crippen molar-refractivity contribution in [2.45, 2.75) is 36.7 Å². The molecule has 122 valence electrons. The van der Waals surface area contributed by atoms with Crippen molar-refractivity contribution in [1.82, 2.24) is 4.72 Å². The Kier molecular flexibility index (Phi) is 4.48. The summed E-state index contributed by atoms with van der Waals surface area (Å²) in [6.07, 6.45) is 2.09. The molecule has 23 heavy (non-hydrogen) atoms. The van der Waals surface area contributed by atoms with Crippen LogP contribution in [0.5, 0.6) is 0 Å². The van der Waals surface area contributed by atoms with Gasteiger partial charge in [-0.05, 0) is 49.6 Å². The molecule has 0 heterocycles. The molecule has 0 radical (unpaired) electrons. The van der Waals surface area contributed by atoms with Crippen LogP contribution in [-0.2, 0) is 17.9 Å². The van der Waals surface area contributed by atoms with Gasteiger partial charge in [-0.25, -0.2) is 4.39 Å². The third kappa shape index (κ3) is 4.16. The lowest BCUT2D eigenvalue weighted by molar-refractivity contribution is 0.557. The summed E-state index contributed by atoms with van der Waals surface area (Å²) < 4.78 is 28.3. The van der Waals surface area contributed by atoms with Gasteiger partial charge in [0, 0.05) is 12.6 Å². The Morgan fingerprint density at radius 3 is 2.52 bits per heavy atom. The molecule has 0 aromatic heterocycles. The van der Waals surface area contributed by atoms with Crippen LogP contribution >= 0.6 is 0 Å². The van der Waals surface area contributed by atoms with Gasteiger partial charge in [0.2, 0.25) is 0 Å². The van der Waals surface area contributed by atoms with Gasteiger partial charge in [0.25, 0.3) is 0 Å². The number of benzene rings is 2. The second-order valence-electron chi connectivity index (χ2n) is 6.16. The zero-order valence-electron chi connectivity index (χ0n) is 12.9. The van der Waals surface area contributed by atoms with E-state index in [0.717, 1.165) is 24.1 Å². The van der Waals surface area contributed by atoms with Gasteiger partial charge in [0.05, 0.1) is 28.3 Å². The van der Waals surface area contributed by atoms with Gasteiger partial charge in [-0.1, -0.05) is 12.1 Å². The van der Waals surface area contributed by atoms with E-state index in [1.165, 1.54) is 12.1 Å². The highest BCUT2D eigenvalue weighted by atomic mass is 32.2.